The Bertz CT molecular complexity index is 825. The van der Waals surface area contributed by atoms with Crippen molar-refractivity contribution in [3.8, 4) is 5.75 Å². The first-order chi connectivity index (χ1) is 9.69. The molecule has 0 spiro atoms. The fourth-order valence-corrected chi connectivity index (χ4v) is 2.65. The molecule has 0 aliphatic heterocycles. The van der Waals surface area contributed by atoms with Crippen LogP contribution in [0.25, 0.3) is 16.6 Å². The maximum atomic E-state index is 6.01. The zero-order valence-electron chi connectivity index (χ0n) is 11.4. The van der Waals surface area contributed by atoms with Crippen LogP contribution < -0.4 is 10.5 Å². The number of aromatic nitrogens is 4. The molecule has 20 heavy (non-hydrogen) atoms. The Morgan fingerprint density at radius 3 is 2.85 bits per heavy atom. The number of nitrogen functional groups attached to an aromatic ring is 1. The third kappa shape index (κ3) is 1.47. The molecule has 0 radical (unpaired) electrons. The molecule has 0 bridgehead atoms. The molecule has 0 saturated heterocycles. The first-order valence-corrected chi connectivity index (χ1v) is 6.68. The van der Waals surface area contributed by atoms with Crippen molar-refractivity contribution in [3.63, 3.8) is 0 Å². The van der Waals surface area contributed by atoms with Crippen molar-refractivity contribution >= 4 is 22.5 Å². The second-order valence-electron chi connectivity index (χ2n) is 5.35. The number of rotatable bonds is 2. The summed E-state index contributed by atoms with van der Waals surface area (Å²) in [5.74, 6) is 3.00. The van der Waals surface area contributed by atoms with Crippen LogP contribution in [0.4, 0.5) is 5.95 Å². The lowest BCUT2D eigenvalue weighted by Gasteiger charge is -2.06. The summed E-state index contributed by atoms with van der Waals surface area (Å²) in [6, 6.07) is 5.76. The number of anilines is 1. The molecule has 2 unspecified atom stereocenters. The number of fused-ring (bicyclic) bond motifs is 3. The van der Waals surface area contributed by atoms with Crippen molar-refractivity contribution in [2.75, 3.05) is 12.8 Å². The average Bonchev–Trinajstić information content (AvgIpc) is 3.01. The van der Waals surface area contributed by atoms with E-state index < -0.39 is 0 Å². The van der Waals surface area contributed by atoms with Crippen molar-refractivity contribution in [1.29, 1.82) is 0 Å². The fraction of sp³-hybridized carbons (Fsp3) is 0.357. The van der Waals surface area contributed by atoms with Gasteiger partial charge in [-0.25, -0.2) is 9.97 Å². The zero-order valence-corrected chi connectivity index (χ0v) is 11.4. The molecule has 2 atom stereocenters. The Morgan fingerprint density at radius 2 is 2.15 bits per heavy atom. The molecular formula is C14H15N5O. The van der Waals surface area contributed by atoms with Crippen molar-refractivity contribution in [3.05, 3.63) is 24.0 Å². The maximum absolute atomic E-state index is 6.01. The highest BCUT2D eigenvalue weighted by atomic mass is 16.5. The maximum Gasteiger partial charge on any atom is 0.223 e. The third-order valence-electron chi connectivity index (χ3n) is 3.97. The largest absolute Gasteiger partial charge is 0.494 e. The minimum Gasteiger partial charge on any atom is -0.494 e. The van der Waals surface area contributed by atoms with E-state index in [0.717, 1.165) is 28.8 Å². The van der Waals surface area contributed by atoms with Gasteiger partial charge in [0, 0.05) is 11.3 Å². The highest BCUT2D eigenvalue weighted by Gasteiger charge is 2.37. The van der Waals surface area contributed by atoms with E-state index >= 15 is 0 Å². The lowest BCUT2D eigenvalue weighted by molar-refractivity contribution is 0.419. The minimum atomic E-state index is 0.337. The van der Waals surface area contributed by atoms with Crippen molar-refractivity contribution < 1.29 is 4.74 Å². The van der Waals surface area contributed by atoms with E-state index in [1.54, 1.807) is 11.6 Å². The van der Waals surface area contributed by atoms with Crippen LogP contribution in [0.15, 0.2) is 18.2 Å². The Labute approximate surface area is 115 Å². The molecule has 1 aliphatic rings. The van der Waals surface area contributed by atoms with E-state index in [4.69, 9.17) is 10.5 Å². The Hall–Kier alpha value is -2.37. The van der Waals surface area contributed by atoms with Crippen molar-refractivity contribution in [2.45, 2.75) is 19.3 Å². The number of ether oxygens (including phenoxy) is 1. The van der Waals surface area contributed by atoms with E-state index in [2.05, 4.69) is 22.0 Å². The molecule has 1 aromatic carbocycles. The van der Waals surface area contributed by atoms with Gasteiger partial charge in [0.1, 0.15) is 11.3 Å². The van der Waals surface area contributed by atoms with Crippen LogP contribution in [0.2, 0.25) is 0 Å². The summed E-state index contributed by atoms with van der Waals surface area (Å²) in [6.45, 7) is 2.21. The van der Waals surface area contributed by atoms with E-state index in [-0.39, 0.29) is 0 Å². The fourth-order valence-electron chi connectivity index (χ4n) is 2.65. The highest BCUT2D eigenvalue weighted by Crippen LogP contribution is 2.45. The monoisotopic (exact) mass is 269 g/mol. The van der Waals surface area contributed by atoms with E-state index in [9.17, 15) is 0 Å². The molecule has 1 aliphatic carbocycles. The van der Waals surface area contributed by atoms with E-state index in [1.165, 1.54) is 0 Å². The van der Waals surface area contributed by atoms with Crippen LogP contribution in [0.3, 0.4) is 0 Å². The van der Waals surface area contributed by atoms with Crippen molar-refractivity contribution in [1.82, 2.24) is 19.6 Å². The van der Waals surface area contributed by atoms with Gasteiger partial charge >= 0.3 is 0 Å². The number of nitrogens with two attached hydrogens (primary N) is 1. The standard InChI is InChI=1S/C14H15N5O/c1-7-6-9(7)12-17-13-8-4-3-5-10(20-2)11(8)16-14(15)19(13)18-12/h3-5,7,9H,6H2,1-2H3,(H2,15,16). The summed E-state index contributed by atoms with van der Waals surface area (Å²) in [7, 11) is 1.62. The SMILES string of the molecule is COc1cccc2c1nc(N)n1nc(C3CC3C)nc21. The summed E-state index contributed by atoms with van der Waals surface area (Å²) in [5, 5.41) is 5.42. The number of benzene rings is 1. The Kier molecular flexibility index (Phi) is 2.19. The van der Waals surface area contributed by atoms with Gasteiger partial charge in [-0.15, -0.1) is 5.10 Å². The van der Waals surface area contributed by atoms with Gasteiger partial charge in [0.05, 0.1) is 7.11 Å². The minimum absolute atomic E-state index is 0.337. The number of para-hydroxylation sites is 1. The number of hydrogen-bond acceptors (Lipinski definition) is 5. The molecule has 102 valence electrons. The smallest absolute Gasteiger partial charge is 0.223 e. The first kappa shape index (κ1) is 11.5. The zero-order chi connectivity index (χ0) is 13.9. The van der Waals surface area contributed by atoms with Crippen LogP contribution in [0.5, 0.6) is 5.75 Å². The molecule has 2 heterocycles. The van der Waals surface area contributed by atoms with Gasteiger partial charge in [0.2, 0.25) is 5.95 Å². The van der Waals surface area contributed by atoms with Crippen LogP contribution in [0.1, 0.15) is 25.1 Å². The molecule has 6 nitrogen and oxygen atoms in total. The number of methoxy groups -OCH3 is 1. The van der Waals surface area contributed by atoms with Crippen LogP contribution >= 0.6 is 0 Å². The topological polar surface area (TPSA) is 78.3 Å². The molecule has 4 rings (SSSR count). The molecule has 0 amide bonds. The van der Waals surface area contributed by atoms with Gasteiger partial charge in [-0.2, -0.15) is 4.52 Å². The number of nitrogens with zero attached hydrogens (tertiary/aromatic N) is 4. The lowest BCUT2D eigenvalue weighted by Crippen LogP contribution is -2.03. The summed E-state index contributed by atoms with van der Waals surface area (Å²) in [4.78, 5) is 9.07. The molecule has 2 aromatic heterocycles. The predicted octanol–water partition coefficient (Wildman–Crippen LogP) is 1.99. The highest BCUT2D eigenvalue weighted by molar-refractivity contribution is 5.95. The van der Waals surface area contributed by atoms with Gasteiger partial charge in [-0.3, -0.25) is 0 Å². The molecule has 6 heteroatoms. The van der Waals surface area contributed by atoms with Gasteiger partial charge in [-0.05, 0) is 24.5 Å². The van der Waals surface area contributed by atoms with E-state index in [1.807, 2.05) is 18.2 Å². The quantitative estimate of drug-likeness (QED) is 0.769. The Morgan fingerprint density at radius 1 is 1.35 bits per heavy atom. The summed E-state index contributed by atoms with van der Waals surface area (Å²) in [5.41, 5.74) is 7.48. The summed E-state index contributed by atoms with van der Waals surface area (Å²) >= 11 is 0. The van der Waals surface area contributed by atoms with Gasteiger partial charge in [-0.1, -0.05) is 13.0 Å². The van der Waals surface area contributed by atoms with Crippen LogP contribution in [-0.2, 0) is 0 Å². The second-order valence-corrected chi connectivity index (χ2v) is 5.35. The van der Waals surface area contributed by atoms with Gasteiger partial charge in [0.15, 0.2) is 11.5 Å². The van der Waals surface area contributed by atoms with Gasteiger partial charge in [0.25, 0.3) is 0 Å². The molecule has 3 aromatic rings. The number of hydrogen-bond donors (Lipinski definition) is 1. The average molecular weight is 269 g/mol. The molecule has 1 fully saturated rings. The van der Waals surface area contributed by atoms with Gasteiger partial charge < -0.3 is 10.5 Å². The van der Waals surface area contributed by atoms with Crippen molar-refractivity contribution in [2.24, 2.45) is 5.92 Å². The molecule has 1 saturated carbocycles. The Balaban J connectivity index is 2.05. The van der Waals surface area contributed by atoms with Crippen LogP contribution in [0, 0.1) is 5.92 Å². The lowest BCUT2D eigenvalue weighted by atomic mass is 10.2. The normalized spacial score (nSPS) is 21.5. The first-order valence-electron chi connectivity index (χ1n) is 6.68. The summed E-state index contributed by atoms with van der Waals surface area (Å²) < 4.78 is 6.97. The van der Waals surface area contributed by atoms with Crippen LogP contribution in [-0.4, -0.2) is 26.7 Å². The molecular weight excluding hydrogens is 254 g/mol. The van der Waals surface area contributed by atoms with E-state index in [0.29, 0.717) is 23.5 Å². The molecule has 2 N–H and O–H groups in total. The predicted molar refractivity (Wildman–Crippen MR) is 75.8 cm³/mol. The second kappa shape index (κ2) is 3.82. The summed E-state index contributed by atoms with van der Waals surface area (Å²) in [6.07, 6.45) is 1.14. The third-order valence-corrected chi connectivity index (χ3v) is 3.97.